The lowest BCUT2D eigenvalue weighted by Gasteiger charge is -2.13. The van der Waals surface area contributed by atoms with Crippen molar-refractivity contribution < 1.29 is 36.2 Å². The molecule has 1 aromatic carbocycles. The van der Waals surface area contributed by atoms with E-state index in [1.807, 2.05) is 0 Å². The number of nitrogens with one attached hydrogen (secondary N) is 1. The van der Waals surface area contributed by atoms with Crippen molar-refractivity contribution in [2.75, 3.05) is 12.9 Å². The number of carboxylic acids is 1. The number of halogens is 1. The quantitative estimate of drug-likeness (QED) is 0.561. The largest absolute Gasteiger partial charge is 0.480 e. The highest BCUT2D eigenvalue weighted by Gasteiger charge is 2.28. The SMILES string of the molecule is CS(=O)(=O)c1ccc(F)c(S(=O)(=O)NC(CO)C(=O)O)c1. The fourth-order valence-electron chi connectivity index (χ4n) is 1.34. The number of sulfonamides is 1. The van der Waals surface area contributed by atoms with Gasteiger partial charge in [-0.25, -0.2) is 21.2 Å². The number of rotatable bonds is 6. The highest BCUT2D eigenvalue weighted by Crippen LogP contribution is 2.19. The highest BCUT2D eigenvalue weighted by atomic mass is 32.2. The monoisotopic (exact) mass is 341 g/mol. The minimum atomic E-state index is -4.66. The van der Waals surface area contributed by atoms with E-state index in [1.165, 1.54) is 0 Å². The lowest BCUT2D eigenvalue weighted by Crippen LogP contribution is -2.43. The van der Waals surface area contributed by atoms with Gasteiger partial charge in [0, 0.05) is 6.26 Å². The van der Waals surface area contributed by atoms with E-state index in [9.17, 15) is 26.0 Å². The predicted molar refractivity (Wildman–Crippen MR) is 68.3 cm³/mol. The number of hydrogen-bond donors (Lipinski definition) is 3. The van der Waals surface area contributed by atoms with E-state index in [-0.39, 0.29) is 0 Å². The van der Waals surface area contributed by atoms with Gasteiger partial charge in [-0.15, -0.1) is 0 Å². The van der Waals surface area contributed by atoms with Crippen LogP contribution in [0.25, 0.3) is 0 Å². The fourth-order valence-corrected chi connectivity index (χ4v) is 3.34. The molecule has 0 heterocycles. The molecular weight excluding hydrogens is 329 g/mol. The molecule has 0 aliphatic rings. The second-order valence-corrected chi connectivity index (χ2v) is 7.76. The molecule has 0 aliphatic carbocycles. The third-order valence-electron chi connectivity index (χ3n) is 2.40. The summed E-state index contributed by atoms with van der Waals surface area (Å²) in [6.07, 6.45) is 0.803. The standard InChI is InChI=1S/C10H12FNO7S2/c1-20(16,17)6-2-3-7(11)9(4-6)21(18,19)12-8(5-13)10(14)15/h2-4,8,12-13H,5H2,1H3,(H,14,15). The lowest BCUT2D eigenvalue weighted by atomic mass is 10.3. The van der Waals surface area contributed by atoms with E-state index in [4.69, 9.17) is 10.2 Å². The fraction of sp³-hybridized carbons (Fsp3) is 0.300. The molecule has 118 valence electrons. The van der Waals surface area contributed by atoms with Crippen molar-refractivity contribution in [3.63, 3.8) is 0 Å². The molecule has 0 spiro atoms. The molecule has 21 heavy (non-hydrogen) atoms. The van der Waals surface area contributed by atoms with Crippen LogP contribution in [0.15, 0.2) is 28.0 Å². The summed E-state index contributed by atoms with van der Waals surface area (Å²) in [6, 6.07) is 0.212. The first kappa shape index (κ1) is 17.5. The number of aliphatic carboxylic acids is 1. The van der Waals surface area contributed by atoms with Crippen LogP contribution in [0.5, 0.6) is 0 Å². The summed E-state index contributed by atoms with van der Waals surface area (Å²) in [6.45, 7) is -1.05. The van der Waals surface area contributed by atoms with Gasteiger partial charge in [-0.3, -0.25) is 4.79 Å². The summed E-state index contributed by atoms with van der Waals surface area (Å²) < 4.78 is 61.6. The molecule has 3 N–H and O–H groups in total. The molecule has 0 bridgehead atoms. The van der Waals surface area contributed by atoms with Crippen LogP contribution < -0.4 is 4.72 Å². The number of carbonyl (C=O) groups is 1. The van der Waals surface area contributed by atoms with Crippen LogP contribution in [0.3, 0.4) is 0 Å². The molecule has 1 unspecified atom stereocenters. The maximum Gasteiger partial charge on any atom is 0.324 e. The van der Waals surface area contributed by atoms with Crippen molar-refractivity contribution in [2.24, 2.45) is 0 Å². The molecule has 0 saturated heterocycles. The first-order valence-electron chi connectivity index (χ1n) is 5.34. The Morgan fingerprint density at radius 3 is 2.33 bits per heavy atom. The van der Waals surface area contributed by atoms with Crippen LogP contribution >= 0.6 is 0 Å². The Morgan fingerprint density at radius 1 is 1.33 bits per heavy atom. The zero-order valence-corrected chi connectivity index (χ0v) is 12.3. The third kappa shape index (κ3) is 4.20. The van der Waals surface area contributed by atoms with Gasteiger partial charge in [-0.2, -0.15) is 4.72 Å². The Bertz CT molecular complexity index is 758. The maximum atomic E-state index is 13.6. The molecule has 0 amide bonds. The van der Waals surface area contributed by atoms with Crippen molar-refractivity contribution in [1.29, 1.82) is 0 Å². The third-order valence-corrected chi connectivity index (χ3v) is 5.00. The van der Waals surface area contributed by atoms with Crippen LogP contribution in [0, 0.1) is 5.82 Å². The summed E-state index contributed by atoms with van der Waals surface area (Å²) >= 11 is 0. The van der Waals surface area contributed by atoms with Crippen molar-refractivity contribution in [2.45, 2.75) is 15.8 Å². The zero-order chi connectivity index (χ0) is 16.4. The van der Waals surface area contributed by atoms with E-state index < -0.39 is 54.1 Å². The second-order valence-electron chi connectivity index (χ2n) is 4.06. The summed E-state index contributed by atoms with van der Waals surface area (Å²) in [7, 11) is -8.44. The van der Waals surface area contributed by atoms with Gasteiger partial charge in [-0.1, -0.05) is 0 Å². The van der Waals surface area contributed by atoms with E-state index >= 15 is 0 Å². The second kappa shape index (κ2) is 6.05. The molecule has 8 nitrogen and oxygen atoms in total. The number of benzene rings is 1. The van der Waals surface area contributed by atoms with Gasteiger partial charge in [0.1, 0.15) is 16.8 Å². The van der Waals surface area contributed by atoms with Crippen molar-refractivity contribution in [3.05, 3.63) is 24.0 Å². The molecule has 0 radical (unpaired) electrons. The summed E-state index contributed by atoms with van der Waals surface area (Å²) in [5, 5.41) is 17.4. The highest BCUT2D eigenvalue weighted by molar-refractivity contribution is 7.91. The number of sulfone groups is 1. The first-order valence-corrected chi connectivity index (χ1v) is 8.72. The van der Waals surface area contributed by atoms with Gasteiger partial charge in [0.2, 0.25) is 10.0 Å². The average molecular weight is 341 g/mol. The van der Waals surface area contributed by atoms with Gasteiger partial charge < -0.3 is 10.2 Å². The van der Waals surface area contributed by atoms with Crippen molar-refractivity contribution in [1.82, 2.24) is 4.72 Å². The van der Waals surface area contributed by atoms with E-state index in [2.05, 4.69) is 0 Å². The predicted octanol–water partition coefficient (Wildman–Crippen LogP) is -1.05. The van der Waals surface area contributed by atoms with Gasteiger partial charge in [0.25, 0.3) is 0 Å². The topological polar surface area (TPSA) is 138 Å². The maximum absolute atomic E-state index is 13.6. The zero-order valence-electron chi connectivity index (χ0n) is 10.6. The van der Waals surface area contributed by atoms with Crippen LogP contribution in [0.4, 0.5) is 4.39 Å². The van der Waals surface area contributed by atoms with Crippen molar-refractivity contribution in [3.8, 4) is 0 Å². The van der Waals surface area contributed by atoms with Gasteiger partial charge >= 0.3 is 5.97 Å². The first-order chi connectivity index (χ1) is 9.49. The molecule has 11 heteroatoms. The van der Waals surface area contributed by atoms with Crippen LogP contribution in [0.1, 0.15) is 0 Å². The van der Waals surface area contributed by atoms with Crippen LogP contribution in [-0.2, 0) is 24.7 Å². The van der Waals surface area contributed by atoms with E-state index in [1.54, 1.807) is 4.72 Å². The molecular formula is C10H12FNO7S2. The molecule has 1 aromatic rings. The number of carboxylic acid groups (broad SMARTS) is 1. The van der Waals surface area contributed by atoms with Crippen molar-refractivity contribution >= 4 is 25.8 Å². The summed E-state index contributed by atoms with van der Waals surface area (Å²) in [4.78, 5) is 9.21. The van der Waals surface area contributed by atoms with Gasteiger partial charge in [0.05, 0.1) is 11.5 Å². The molecule has 0 aliphatic heterocycles. The number of hydrogen-bond acceptors (Lipinski definition) is 6. The smallest absolute Gasteiger partial charge is 0.324 e. The van der Waals surface area contributed by atoms with Gasteiger partial charge in [0.15, 0.2) is 9.84 Å². The Kier molecular flexibility index (Phi) is 5.04. The lowest BCUT2D eigenvalue weighted by molar-refractivity contribution is -0.139. The Morgan fingerprint density at radius 2 is 1.90 bits per heavy atom. The minimum Gasteiger partial charge on any atom is -0.480 e. The van der Waals surface area contributed by atoms with Crippen LogP contribution in [0.2, 0.25) is 0 Å². The Hall–Kier alpha value is -1.56. The molecule has 1 atom stereocenters. The molecule has 0 fully saturated rings. The van der Waals surface area contributed by atoms with E-state index in [0.29, 0.717) is 12.1 Å². The number of aliphatic hydroxyl groups excluding tert-OH is 1. The normalized spacial score (nSPS) is 13.9. The number of aliphatic hydroxyl groups is 1. The summed E-state index contributed by atoms with van der Waals surface area (Å²) in [5.74, 6) is -2.92. The Labute approximate surface area is 120 Å². The molecule has 1 rings (SSSR count). The van der Waals surface area contributed by atoms with Gasteiger partial charge in [-0.05, 0) is 18.2 Å². The van der Waals surface area contributed by atoms with E-state index in [0.717, 1.165) is 12.3 Å². The summed E-state index contributed by atoms with van der Waals surface area (Å²) in [5.41, 5.74) is 0. The Balaban J connectivity index is 3.35. The molecule has 0 saturated carbocycles. The van der Waals surface area contributed by atoms with Crippen LogP contribution in [-0.4, -0.2) is 51.9 Å². The average Bonchev–Trinajstić information content (AvgIpc) is 2.34. The minimum absolute atomic E-state index is 0.444. The molecule has 0 aromatic heterocycles.